The number of aliphatic hydroxyl groups is 1. The van der Waals surface area contributed by atoms with Gasteiger partial charge in [-0.25, -0.2) is 0 Å². The molecule has 19 heavy (non-hydrogen) atoms. The lowest BCUT2D eigenvalue weighted by molar-refractivity contribution is -0.123. The summed E-state index contributed by atoms with van der Waals surface area (Å²) in [7, 11) is 0. The number of aryl methyl sites for hydroxylation is 1. The first kappa shape index (κ1) is 13.9. The molecule has 0 aliphatic heterocycles. The molecule has 1 fully saturated rings. The number of rotatable bonds is 7. The molecule has 4 nitrogen and oxygen atoms in total. The van der Waals surface area contributed by atoms with Crippen molar-refractivity contribution < 1.29 is 14.6 Å². The van der Waals surface area contributed by atoms with Crippen LogP contribution >= 0.6 is 0 Å². The van der Waals surface area contributed by atoms with Gasteiger partial charge >= 0.3 is 0 Å². The first-order valence-electron chi connectivity index (χ1n) is 6.77. The number of aliphatic hydroxyl groups excluding tert-OH is 1. The molecule has 0 spiro atoms. The van der Waals surface area contributed by atoms with Crippen molar-refractivity contribution in [2.45, 2.75) is 26.2 Å². The van der Waals surface area contributed by atoms with Gasteiger partial charge in [0.2, 0.25) is 0 Å². The van der Waals surface area contributed by atoms with Crippen molar-refractivity contribution in [2.75, 3.05) is 19.8 Å². The zero-order chi connectivity index (χ0) is 13.7. The number of benzene rings is 1. The van der Waals surface area contributed by atoms with E-state index in [1.165, 1.54) is 5.56 Å². The van der Waals surface area contributed by atoms with Crippen LogP contribution in [-0.2, 0) is 11.2 Å². The summed E-state index contributed by atoms with van der Waals surface area (Å²) >= 11 is 0. The molecule has 4 heteroatoms. The van der Waals surface area contributed by atoms with Crippen molar-refractivity contribution in [3.8, 4) is 5.75 Å². The quantitative estimate of drug-likeness (QED) is 0.784. The van der Waals surface area contributed by atoms with E-state index in [9.17, 15) is 4.79 Å². The molecule has 1 aliphatic rings. The second-order valence-corrected chi connectivity index (χ2v) is 5.22. The van der Waals surface area contributed by atoms with E-state index in [0.29, 0.717) is 12.3 Å². The molecule has 0 unspecified atom stereocenters. The van der Waals surface area contributed by atoms with Gasteiger partial charge in [0.05, 0.1) is 6.61 Å². The molecule has 0 aromatic heterocycles. The third-order valence-electron chi connectivity index (χ3n) is 3.65. The van der Waals surface area contributed by atoms with Gasteiger partial charge in [0.25, 0.3) is 5.91 Å². The Morgan fingerprint density at radius 1 is 1.37 bits per heavy atom. The van der Waals surface area contributed by atoms with Crippen molar-refractivity contribution in [1.82, 2.24) is 5.32 Å². The normalized spacial score (nSPS) is 15.9. The fourth-order valence-corrected chi connectivity index (χ4v) is 1.87. The van der Waals surface area contributed by atoms with Gasteiger partial charge < -0.3 is 15.2 Å². The van der Waals surface area contributed by atoms with Crippen LogP contribution in [0.1, 0.15) is 25.3 Å². The molecule has 104 valence electrons. The Morgan fingerprint density at radius 3 is 2.58 bits per heavy atom. The molecule has 0 bridgehead atoms. The zero-order valence-electron chi connectivity index (χ0n) is 11.3. The van der Waals surface area contributed by atoms with Gasteiger partial charge in [-0.1, -0.05) is 19.1 Å². The van der Waals surface area contributed by atoms with Gasteiger partial charge in [-0.05, 0) is 37.0 Å². The van der Waals surface area contributed by atoms with Crippen LogP contribution in [0.25, 0.3) is 0 Å². The maximum atomic E-state index is 11.6. The first-order valence-corrected chi connectivity index (χ1v) is 6.77. The van der Waals surface area contributed by atoms with Gasteiger partial charge in [0.15, 0.2) is 6.61 Å². The fraction of sp³-hybridized carbons (Fsp3) is 0.533. The highest BCUT2D eigenvalue weighted by Gasteiger charge is 2.42. The second kappa shape index (κ2) is 6.06. The molecule has 0 heterocycles. The Labute approximate surface area is 113 Å². The van der Waals surface area contributed by atoms with Gasteiger partial charge in [0, 0.05) is 12.0 Å². The molecule has 0 saturated heterocycles. The van der Waals surface area contributed by atoms with E-state index in [-0.39, 0.29) is 24.5 Å². The average molecular weight is 263 g/mol. The SMILES string of the molecule is CCc1ccc(OCC(=O)NCC2(CO)CC2)cc1. The molecule has 1 aromatic carbocycles. The molecule has 1 amide bonds. The van der Waals surface area contributed by atoms with E-state index in [0.717, 1.165) is 19.3 Å². The maximum absolute atomic E-state index is 11.6. The largest absolute Gasteiger partial charge is 0.484 e. The summed E-state index contributed by atoms with van der Waals surface area (Å²) in [5.41, 5.74) is 1.19. The lowest BCUT2D eigenvalue weighted by Crippen LogP contribution is -2.35. The number of hydrogen-bond donors (Lipinski definition) is 2. The minimum Gasteiger partial charge on any atom is -0.484 e. The van der Waals surface area contributed by atoms with Crippen LogP contribution < -0.4 is 10.1 Å². The van der Waals surface area contributed by atoms with E-state index >= 15 is 0 Å². The number of amides is 1. The second-order valence-electron chi connectivity index (χ2n) is 5.22. The summed E-state index contributed by atoms with van der Waals surface area (Å²) in [5, 5.41) is 11.9. The number of ether oxygens (including phenoxy) is 1. The summed E-state index contributed by atoms with van der Waals surface area (Å²) in [5.74, 6) is 0.565. The molecular weight excluding hydrogens is 242 g/mol. The third-order valence-corrected chi connectivity index (χ3v) is 3.65. The topological polar surface area (TPSA) is 58.6 Å². The summed E-state index contributed by atoms with van der Waals surface area (Å²) in [6.07, 6.45) is 2.97. The molecule has 1 aliphatic carbocycles. The summed E-state index contributed by atoms with van der Waals surface area (Å²) in [6.45, 7) is 2.80. The highest BCUT2D eigenvalue weighted by molar-refractivity contribution is 5.77. The van der Waals surface area contributed by atoms with Crippen LogP contribution in [0.4, 0.5) is 0 Å². The van der Waals surface area contributed by atoms with Gasteiger partial charge in [-0.15, -0.1) is 0 Å². The zero-order valence-corrected chi connectivity index (χ0v) is 11.3. The lowest BCUT2D eigenvalue weighted by atomic mass is 10.1. The predicted molar refractivity (Wildman–Crippen MR) is 73.1 cm³/mol. The minimum absolute atomic E-state index is 0.0208. The van der Waals surface area contributed by atoms with Crippen molar-refractivity contribution in [3.05, 3.63) is 29.8 Å². The smallest absolute Gasteiger partial charge is 0.257 e. The average Bonchev–Trinajstić information content (AvgIpc) is 3.24. The molecule has 1 saturated carbocycles. The molecule has 1 aromatic rings. The van der Waals surface area contributed by atoms with Crippen molar-refractivity contribution >= 4 is 5.91 Å². The Morgan fingerprint density at radius 2 is 2.05 bits per heavy atom. The van der Waals surface area contributed by atoms with Crippen LogP contribution in [0.5, 0.6) is 5.75 Å². The van der Waals surface area contributed by atoms with E-state index in [1.807, 2.05) is 24.3 Å². The maximum Gasteiger partial charge on any atom is 0.257 e. The molecule has 0 radical (unpaired) electrons. The summed E-state index contributed by atoms with van der Waals surface area (Å²) in [6, 6.07) is 7.75. The van der Waals surface area contributed by atoms with Crippen molar-refractivity contribution in [1.29, 1.82) is 0 Å². The Kier molecular flexibility index (Phi) is 4.43. The van der Waals surface area contributed by atoms with Crippen LogP contribution in [0, 0.1) is 5.41 Å². The van der Waals surface area contributed by atoms with E-state index in [1.54, 1.807) is 0 Å². The van der Waals surface area contributed by atoms with Crippen LogP contribution in [0.15, 0.2) is 24.3 Å². The summed E-state index contributed by atoms with van der Waals surface area (Å²) < 4.78 is 5.41. The molecular formula is C15H21NO3. The fourth-order valence-electron chi connectivity index (χ4n) is 1.87. The molecule has 2 N–H and O–H groups in total. The van der Waals surface area contributed by atoms with E-state index < -0.39 is 0 Å². The van der Waals surface area contributed by atoms with Crippen LogP contribution in [-0.4, -0.2) is 30.8 Å². The molecule has 2 rings (SSSR count). The Bertz CT molecular complexity index is 424. The number of hydrogen-bond acceptors (Lipinski definition) is 3. The minimum atomic E-state index is -0.140. The van der Waals surface area contributed by atoms with Crippen molar-refractivity contribution in [2.24, 2.45) is 5.41 Å². The first-order chi connectivity index (χ1) is 9.17. The monoisotopic (exact) mass is 263 g/mol. The van der Waals surface area contributed by atoms with Gasteiger partial charge in [0.1, 0.15) is 5.75 Å². The van der Waals surface area contributed by atoms with E-state index in [2.05, 4.69) is 12.2 Å². The van der Waals surface area contributed by atoms with E-state index in [4.69, 9.17) is 9.84 Å². The van der Waals surface area contributed by atoms with Crippen LogP contribution in [0.3, 0.4) is 0 Å². The highest BCUT2D eigenvalue weighted by atomic mass is 16.5. The Hall–Kier alpha value is -1.55. The molecule has 0 atom stereocenters. The standard InChI is InChI=1S/C15H21NO3/c1-2-12-3-5-13(6-4-12)19-9-14(18)16-10-15(11-17)7-8-15/h3-6,17H,2,7-11H2,1H3,(H,16,18). The highest BCUT2D eigenvalue weighted by Crippen LogP contribution is 2.44. The predicted octanol–water partition coefficient (Wildman–Crippen LogP) is 1.52. The number of carbonyl (C=O) groups excluding carboxylic acids is 1. The van der Waals surface area contributed by atoms with Gasteiger partial charge in [-0.3, -0.25) is 4.79 Å². The Balaban J connectivity index is 1.70. The van der Waals surface area contributed by atoms with Crippen molar-refractivity contribution in [3.63, 3.8) is 0 Å². The third kappa shape index (κ3) is 3.96. The van der Waals surface area contributed by atoms with Gasteiger partial charge in [-0.2, -0.15) is 0 Å². The lowest BCUT2D eigenvalue weighted by Gasteiger charge is -2.13. The number of nitrogens with one attached hydrogen (secondary N) is 1. The number of carbonyl (C=O) groups is 1. The summed E-state index contributed by atoms with van der Waals surface area (Å²) in [4.78, 5) is 11.6. The van der Waals surface area contributed by atoms with Crippen LogP contribution in [0.2, 0.25) is 0 Å².